The number of rotatable bonds is 7. The van der Waals surface area contributed by atoms with E-state index in [4.69, 9.17) is 9.47 Å². The van der Waals surface area contributed by atoms with Crippen molar-refractivity contribution in [2.75, 3.05) is 33.4 Å². The fourth-order valence-corrected chi connectivity index (χ4v) is 6.35. The molecule has 2 saturated heterocycles. The molecule has 2 fully saturated rings. The van der Waals surface area contributed by atoms with E-state index in [1.165, 1.54) is 4.31 Å². The topological polar surface area (TPSA) is 76.2 Å². The minimum absolute atomic E-state index is 0.0294. The van der Waals surface area contributed by atoms with Gasteiger partial charge in [0.05, 0.1) is 30.6 Å². The number of benzene rings is 2. The maximum Gasteiger partial charge on any atom is 0.243 e. The van der Waals surface area contributed by atoms with E-state index in [2.05, 4.69) is 0 Å². The van der Waals surface area contributed by atoms with Crippen molar-refractivity contribution in [2.45, 2.75) is 43.5 Å². The second-order valence-electron chi connectivity index (χ2n) is 8.57. The Kier molecular flexibility index (Phi) is 7.24. The highest BCUT2D eigenvalue weighted by Gasteiger charge is 2.38. The van der Waals surface area contributed by atoms with Crippen molar-refractivity contribution < 1.29 is 22.7 Å². The molecular weight excluding hydrogens is 440 g/mol. The van der Waals surface area contributed by atoms with E-state index in [1.807, 2.05) is 36.1 Å². The van der Waals surface area contributed by atoms with E-state index in [0.717, 1.165) is 24.2 Å². The number of nitrogens with zero attached hydrogens (tertiary/aromatic N) is 2. The lowest BCUT2D eigenvalue weighted by molar-refractivity contribution is -0.137. The number of hydrogen-bond acceptors (Lipinski definition) is 5. The van der Waals surface area contributed by atoms with Gasteiger partial charge in [0.1, 0.15) is 11.5 Å². The molecule has 0 saturated carbocycles. The number of piperidine rings is 1. The summed E-state index contributed by atoms with van der Waals surface area (Å²) in [7, 11) is -2.11. The van der Waals surface area contributed by atoms with Gasteiger partial charge in [0, 0.05) is 19.6 Å². The van der Waals surface area contributed by atoms with Crippen LogP contribution in [0.1, 0.15) is 44.2 Å². The number of hydrogen-bond donors (Lipinski definition) is 0. The van der Waals surface area contributed by atoms with Gasteiger partial charge in [0.25, 0.3) is 0 Å². The molecule has 2 heterocycles. The van der Waals surface area contributed by atoms with E-state index >= 15 is 0 Å². The number of methoxy groups -OCH3 is 1. The molecule has 0 aliphatic carbocycles. The molecule has 2 atom stereocenters. The number of carbonyl (C=O) groups excluding carboxylic acids is 1. The lowest BCUT2D eigenvalue weighted by atomic mass is 9.96. The number of ether oxygens (including phenoxy) is 2. The van der Waals surface area contributed by atoms with Crippen molar-refractivity contribution in [1.82, 2.24) is 9.21 Å². The molecule has 0 spiro atoms. The zero-order chi connectivity index (χ0) is 23.4. The first-order chi connectivity index (χ1) is 15.9. The van der Waals surface area contributed by atoms with Crippen LogP contribution in [0.3, 0.4) is 0 Å². The summed E-state index contributed by atoms with van der Waals surface area (Å²) in [6.07, 6.45) is 3.25. The molecule has 1 amide bonds. The summed E-state index contributed by atoms with van der Waals surface area (Å²) in [5.41, 5.74) is 1.10. The van der Waals surface area contributed by atoms with Crippen molar-refractivity contribution >= 4 is 15.9 Å². The molecular formula is C25H32N2O5S. The molecule has 8 heteroatoms. The van der Waals surface area contributed by atoms with Crippen LogP contribution in [0.2, 0.25) is 0 Å². The van der Waals surface area contributed by atoms with Crippen LogP contribution >= 0.6 is 0 Å². The van der Waals surface area contributed by atoms with Crippen molar-refractivity contribution in [3.8, 4) is 11.5 Å². The van der Waals surface area contributed by atoms with Crippen LogP contribution in [0.4, 0.5) is 0 Å². The standard InChI is InChI=1S/C25H32N2O5S/c1-3-32-22-10-8-19(9-11-22)24-7-5-17-27(24)25(28)20-6-4-16-26(18-20)33(29,30)23-14-12-21(31-2)13-15-23/h8-15,20,24H,3-7,16-18H2,1-2H3. The number of likely N-dealkylation sites (tertiary alicyclic amines) is 1. The van der Waals surface area contributed by atoms with Crippen molar-refractivity contribution in [1.29, 1.82) is 0 Å². The smallest absolute Gasteiger partial charge is 0.243 e. The lowest BCUT2D eigenvalue weighted by Gasteiger charge is -2.35. The molecule has 4 rings (SSSR count). The van der Waals surface area contributed by atoms with Gasteiger partial charge in [-0.3, -0.25) is 4.79 Å². The van der Waals surface area contributed by atoms with Gasteiger partial charge >= 0.3 is 0 Å². The van der Waals surface area contributed by atoms with Gasteiger partial charge in [-0.25, -0.2) is 8.42 Å². The summed E-state index contributed by atoms with van der Waals surface area (Å²) in [4.78, 5) is 15.7. The minimum atomic E-state index is -3.66. The van der Waals surface area contributed by atoms with Crippen LogP contribution in [0.5, 0.6) is 11.5 Å². The normalized spacial score (nSPS) is 21.7. The summed E-state index contributed by atoms with van der Waals surface area (Å²) in [5, 5.41) is 0. The predicted molar refractivity (Wildman–Crippen MR) is 126 cm³/mol. The molecule has 0 radical (unpaired) electrons. The van der Waals surface area contributed by atoms with E-state index in [0.29, 0.717) is 38.3 Å². The van der Waals surface area contributed by atoms with Gasteiger partial charge in [0.15, 0.2) is 0 Å². The SMILES string of the molecule is CCOc1ccc(C2CCCN2C(=O)C2CCCN(S(=O)(=O)c3ccc(OC)cc3)C2)cc1. The molecule has 33 heavy (non-hydrogen) atoms. The summed E-state index contributed by atoms with van der Waals surface area (Å²) < 4.78 is 38.5. The van der Waals surface area contributed by atoms with Gasteiger partial charge in [-0.1, -0.05) is 12.1 Å². The summed E-state index contributed by atoms with van der Waals surface area (Å²) in [5.74, 6) is 1.16. The molecule has 2 unspecified atom stereocenters. The maximum atomic E-state index is 13.5. The van der Waals surface area contributed by atoms with Gasteiger partial charge in [-0.15, -0.1) is 0 Å². The highest BCUT2D eigenvalue weighted by Crippen LogP contribution is 2.35. The van der Waals surface area contributed by atoms with E-state index in [1.54, 1.807) is 31.4 Å². The van der Waals surface area contributed by atoms with Crippen LogP contribution in [-0.2, 0) is 14.8 Å². The maximum absolute atomic E-state index is 13.5. The average molecular weight is 473 g/mol. The van der Waals surface area contributed by atoms with Gasteiger partial charge in [0.2, 0.25) is 15.9 Å². The third kappa shape index (κ3) is 5.01. The molecule has 2 aliphatic rings. The van der Waals surface area contributed by atoms with Crippen molar-refractivity contribution in [3.63, 3.8) is 0 Å². The van der Waals surface area contributed by atoms with Gasteiger partial charge in [-0.2, -0.15) is 4.31 Å². The Morgan fingerprint density at radius 1 is 0.970 bits per heavy atom. The third-order valence-electron chi connectivity index (χ3n) is 6.54. The van der Waals surface area contributed by atoms with Crippen molar-refractivity contribution in [2.24, 2.45) is 5.92 Å². The van der Waals surface area contributed by atoms with Gasteiger partial charge in [-0.05, 0) is 74.6 Å². The molecule has 2 aromatic carbocycles. The van der Waals surface area contributed by atoms with Crippen LogP contribution in [0.15, 0.2) is 53.4 Å². The quantitative estimate of drug-likeness (QED) is 0.612. The summed E-state index contributed by atoms with van der Waals surface area (Å²) in [6, 6.07) is 14.4. The van der Waals surface area contributed by atoms with Crippen LogP contribution in [0, 0.1) is 5.92 Å². The lowest BCUT2D eigenvalue weighted by Crippen LogP contribution is -2.46. The first kappa shape index (κ1) is 23.6. The highest BCUT2D eigenvalue weighted by molar-refractivity contribution is 7.89. The fraction of sp³-hybridized carbons (Fsp3) is 0.480. The number of sulfonamides is 1. The van der Waals surface area contributed by atoms with Crippen molar-refractivity contribution in [3.05, 3.63) is 54.1 Å². The summed E-state index contributed by atoms with van der Waals surface area (Å²) >= 11 is 0. The molecule has 178 valence electrons. The average Bonchev–Trinajstić information content (AvgIpc) is 3.34. The van der Waals surface area contributed by atoms with E-state index < -0.39 is 10.0 Å². The monoisotopic (exact) mass is 472 g/mol. The van der Waals surface area contributed by atoms with Crippen LogP contribution in [-0.4, -0.2) is 56.9 Å². The predicted octanol–water partition coefficient (Wildman–Crippen LogP) is 3.86. The van der Waals surface area contributed by atoms with E-state index in [9.17, 15) is 13.2 Å². The van der Waals surface area contributed by atoms with Crippen LogP contribution < -0.4 is 9.47 Å². The Balaban J connectivity index is 1.47. The second-order valence-corrected chi connectivity index (χ2v) is 10.5. The largest absolute Gasteiger partial charge is 0.497 e. The summed E-state index contributed by atoms with van der Waals surface area (Å²) in [6.45, 7) is 3.93. The fourth-order valence-electron chi connectivity index (χ4n) is 4.82. The van der Waals surface area contributed by atoms with Gasteiger partial charge < -0.3 is 14.4 Å². The first-order valence-corrected chi connectivity index (χ1v) is 13.1. The Morgan fingerprint density at radius 2 is 1.64 bits per heavy atom. The second kappa shape index (κ2) is 10.1. The highest BCUT2D eigenvalue weighted by atomic mass is 32.2. The first-order valence-electron chi connectivity index (χ1n) is 11.6. The zero-order valence-electron chi connectivity index (χ0n) is 19.3. The molecule has 7 nitrogen and oxygen atoms in total. The Labute approximate surface area is 196 Å². The Hall–Kier alpha value is -2.58. The number of carbonyl (C=O) groups is 1. The van der Waals surface area contributed by atoms with E-state index in [-0.39, 0.29) is 29.3 Å². The Bertz CT molecular complexity index is 1050. The van der Waals surface area contributed by atoms with Crippen LogP contribution in [0.25, 0.3) is 0 Å². The molecule has 0 bridgehead atoms. The molecule has 0 N–H and O–H groups in total. The molecule has 2 aliphatic heterocycles. The molecule has 0 aromatic heterocycles. The molecule has 2 aromatic rings. The zero-order valence-corrected chi connectivity index (χ0v) is 20.1. The number of amides is 1. The third-order valence-corrected chi connectivity index (χ3v) is 8.42. The minimum Gasteiger partial charge on any atom is -0.497 e. The Morgan fingerprint density at radius 3 is 2.30 bits per heavy atom.